The second-order valence-electron chi connectivity index (χ2n) is 6.37. The van der Waals surface area contributed by atoms with Gasteiger partial charge in [0.1, 0.15) is 5.82 Å². The highest BCUT2D eigenvalue weighted by molar-refractivity contribution is 7.89. The maximum Gasteiger partial charge on any atom is 0.417 e. The third-order valence-corrected chi connectivity index (χ3v) is 6.10. The van der Waals surface area contributed by atoms with Crippen LogP contribution in [0.4, 0.5) is 17.6 Å². The third kappa shape index (κ3) is 5.44. The van der Waals surface area contributed by atoms with E-state index in [4.69, 9.17) is 11.6 Å². The average molecular weight is 439 g/mol. The third-order valence-electron chi connectivity index (χ3n) is 3.97. The maximum atomic E-state index is 14.0. The van der Waals surface area contributed by atoms with E-state index in [0.717, 1.165) is 22.5 Å². The normalized spacial score (nSPS) is 12.8. The molecule has 0 amide bonds. The van der Waals surface area contributed by atoms with Gasteiger partial charge in [-0.1, -0.05) is 29.8 Å². The second kappa shape index (κ2) is 8.77. The number of hydrogen-bond donors (Lipinski definition) is 0. The topological polar surface area (TPSA) is 40.6 Å². The molecule has 28 heavy (non-hydrogen) atoms. The van der Waals surface area contributed by atoms with Crippen molar-refractivity contribution in [2.24, 2.45) is 0 Å². The number of nitrogens with zero attached hydrogens (tertiary/aromatic N) is 2. The molecule has 0 aliphatic heterocycles. The lowest BCUT2D eigenvalue weighted by molar-refractivity contribution is -0.139. The van der Waals surface area contributed by atoms with Crippen LogP contribution in [-0.2, 0) is 22.7 Å². The minimum absolute atomic E-state index is 0.0624. The fraction of sp³-hybridized carbons (Fsp3) is 0.333. The smallest absolute Gasteiger partial charge is 0.308 e. The Labute approximate surface area is 166 Å². The molecule has 0 aliphatic rings. The molecule has 154 valence electrons. The molecule has 4 nitrogen and oxygen atoms in total. The van der Waals surface area contributed by atoms with Gasteiger partial charge in [0.2, 0.25) is 10.0 Å². The predicted molar refractivity (Wildman–Crippen MR) is 99.0 cm³/mol. The fourth-order valence-corrected chi connectivity index (χ4v) is 4.27. The van der Waals surface area contributed by atoms with E-state index in [1.807, 2.05) is 0 Å². The molecule has 0 spiro atoms. The van der Waals surface area contributed by atoms with Crippen molar-refractivity contribution in [3.8, 4) is 0 Å². The summed E-state index contributed by atoms with van der Waals surface area (Å²) in [5.41, 5.74) is -1.30. The zero-order chi connectivity index (χ0) is 21.1. The first-order chi connectivity index (χ1) is 12.9. The molecule has 0 saturated carbocycles. The van der Waals surface area contributed by atoms with Crippen LogP contribution in [0.1, 0.15) is 11.1 Å². The Morgan fingerprint density at radius 3 is 2.25 bits per heavy atom. The number of halogens is 5. The summed E-state index contributed by atoms with van der Waals surface area (Å²) in [6.07, 6.45) is -4.92. The molecule has 10 heteroatoms. The molecule has 0 saturated heterocycles. The predicted octanol–water partition coefficient (Wildman–Crippen LogP) is 4.25. The highest BCUT2D eigenvalue weighted by atomic mass is 35.5. The van der Waals surface area contributed by atoms with Crippen molar-refractivity contribution in [3.05, 3.63) is 64.4 Å². The molecule has 0 unspecified atom stereocenters. The highest BCUT2D eigenvalue weighted by Crippen LogP contribution is 2.37. The van der Waals surface area contributed by atoms with Crippen LogP contribution in [0.5, 0.6) is 0 Å². The Bertz CT molecular complexity index is 933. The number of alkyl halides is 3. The molecule has 0 N–H and O–H groups in total. The molecule has 0 aliphatic carbocycles. The lowest BCUT2D eigenvalue weighted by Gasteiger charge is -2.25. The van der Waals surface area contributed by atoms with Crippen LogP contribution >= 0.6 is 11.6 Å². The van der Waals surface area contributed by atoms with Crippen molar-refractivity contribution in [2.45, 2.75) is 17.6 Å². The van der Waals surface area contributed by atoms with E-state index in [1.165, 1.54) is 18.2 Å². The molecule has 0 aromatic heterocycles. The Balaban J connectivity index is 2.54. The average Bonchev–Trinajstić information content (AvgIpc) is 2.58. The van der Waals surface area contributed by atoms with Gasteiger partial charge in [0, 0.05) is 30.2 Å². The molecule has 2 aromatic carbocycles. The van der Waals surface area contributed by atoms with E-state index in [1.54, 1.807) is 19.0 Å². The van der Waals surface area contributed by atoms with Crippen molar-refractivity contribution >= 4 is 21.6 Å². The van der Waals surface area contributed by atoms with Gasteiger partial charge in [-0.25, -0.2) is 12.8 Å². The molecule has 2 rings (SSSR count). The van der Waals surface area contributed by atoms with Crippen molar-refractivity contribution in [2.75, 3.05) is 27.2 Å². The van der Waals surface area contributed by atoms with E-state index in [2.05, 4.69) is 0 Å². The van der Waals surface area contributed by atoms with E-state index in [9.17, 15) is 26.0 Å². The maximum absolute atomic E-state index is 14.0. The quantitative estimate of drug-likeness (QED) is 0.607. The Hall–Kier alpha value is -1.68. The SMILES string of the molecule is CN(C)CCN(Cc1ccccc1F)S(=O)(=O)c1ccc(Cl)cc1C(F)(F)F. The molecular weight excluding hydrogens is 420 g/mol. The first kappa shape index (κ1) is 22.6. The first-order valence-corrected chi connectivity index (χ1v) is 10.00. The summed E-state index contributed by atoms with van der Waals surface area (Å²) in [4.78, 5) is 0.760. The monoisotopic (exact) mass is 438 g/mol. The van der Waals surface area contributed by atoms with Gasteiger partial charge in [-0.3, -0.25) is 0 Å². The summed E-state index contributed by atoms with van der Waals surface area (Å²) in [6, 6.07) is 8.00. The molecule has 0 fully saturated rings. The summed E-state index contributed by atoms with van der Waals surface area (Å²) in [6.45, 7) is -0.283. The Kier molecular flexibility index (Phi) is 7.08. The summed E-state index contributed by atoms with van der Waals surface area (Å²) in [7, 11) is -1.20. The number of rotatable bonds is 7. The van der Waals surface area contributed by atoms with Crippen LogP contribution in [0, 0.1) is 5.82 Å². The summed E-state index contributed by atoms with van der Waals surface area (Å²) in [5.74, 6) is -0.639. The van der Waals surface area contributed by atoms with Gasteiger partial charge in [0.15, 0.2) is 0 Å². The molecular formula is C18H19ClF4N2O2S. The zero-order valence-electron chi connectivity index (χ0n) is 15.2. The fourth-order valence-electron chi connectivity index (χ4n) is 2.50. The van der Waals surface area contributed by atoms with Gasteiger partial charge in [-0.15, -0.1) is 0 Å². The van der Waals surface area contributed by atoms with Gasteiger partial charge in [-0.05, 0) is 38.4 Å². The largest absolute Gasteiger partial charge is 0.417 e. The van der Waals surface area contributed by atoms with E-state index >= 15 is 0 Å². The number of benzene rings is 2. The van der Waals surface area contributed by atoms with Crippen LogP contribution in [0.15, 0.2) is 47.4 Å². The number of sulfonamides is 1. The number of likely N-dealkylation sites (N-methyl/N-ethyl adjacent to an activating group) is 1. The van der Waals surface area contributed by atoms with Crippen LogP contribution in [-0.4, -0.2) is 44.8 Å². The molecule has 0 radical (unpaired) electrons. The van der Waals surface area contributed by atoms with Gasteiger partial charge >= 0.3 is 6.18 Å². The molecule has 0 bridgehead atoms. The van der Waals surface area contributed by atoms with Crippen molar-refractivity contribution in [1.82, 2.24) is 9.21 Å². The first-order valence-electron chi connectivity index (χ1n) is 8.18. The van der Waals surface area contributed by atoms with Crippen LogP contribution < -0.4 is 0 Å². The highest BCUT2D eigenvalue weighted by Gasteiger charge is 2.39. The zero-order valence-corrected chi connectivity index (χ0v) is 16.7. The van der Waals surface area contributed by atoms with Crippen molar-refractivity contribution in [3.63, 3.8) is 0 Å². The molecule has 2 aromatic rings. The lowest BCUT2D eigenvalue weighted by Crippen LogP contribution is -2.37. The summed E-state index contributed by atoms with van der Waals surface area (Å²) >= 11 is 5.64. The Morgan fingerprint density at radius 1 is 1.04 bits per heavy atom. The van der Waals surface area contributed by atoms with Gasteiger partial charge in [0.05, 0.1) is 10.5 Å². The van der Waals surface area contributed by atoms with E-state index in [0.29, 0.717) is 6.07 Å². The van der Waals surface area contributed by atoms with Gasteiger partial charge in [0.25, 0.3) is 0 Å². The Morgan fingerprint density at radius 2 is 1.68 bits per heavy atom. The second-order valence-corrected chi connectivity index (χ2v) is 8.71. The summed E-state index contributed by atoms with van der Waals surface area (Å²) < 4.78 is 81.3. The summed E-state index contributed by atoms with van der Waals surface area (Å²) in [5, 5.41) is -0.236. The van der Waals surface area contributed by atoms with Crippen LogP contribution in [0.2, 0.25) is 5.02 Å². The van der Waals surface area contributed by atoms with Crippen molar-refractivity contribution in [1.29, 1.82) is 0 Å². The lowest BCUT2D eigenvalue weighted by atomic mass is 10.2. The standard InChI is InChI=1S/C18H19ClF4N2O2S/c1-24(2)9-10-25(12-13-5-3-4-6-16(13)20)28(26,27)17-8-7-14(19)11-15(17)18(21,22)23/h3-8,11H,9-10,12H2,1-2H3. The minimum Gasteiger partial charge on any atom is -0.308 e. The van der Waals surface area contributed by atoms with E-state index < -0.39 is 39.0 Å². The minimum atomic E-state index is -4.92. The molecule has 0 atom stereocenters. The van der Waals surface area contributed by atoms with Gasteiger partial charge in [-0.2, -0.15) is 17.5 Å². The molecule has 0 heterocycles. The van der Waals surface area contributed by atoms with Crippen molar-refractivity contribution < 1.29 is 26.0 Å². The number of hydrogen-bond acceptors (Lipinski definition) is 3. The van der Waals surface area contributed by atoms with E-state index in [-0.39, 0.29) is 23.7 Å². The van der Waals surface area contributed by atoms with Crippen LogP contribution in [0.3, 0.4) is 0 Å². The van der Waals surface area contributed by atoms with Crippen LogP contribution in [0.25, 0.3) is 0 Å². The van der Waals surface area contributed by atoms with Gasteiger partial charge < -0.3 is 4.90 Å².